The van der Waals surface area contributed by atoms with Crippen molar-refractivity contribution < 1.29 is 4.52 Å². The van der Waals surface area contributed by atoms with Crippen LogP contribution < -0.4 is 5.73 Å². The summed E-state index contributed by atoms with van der Waals surface area (Å²) in [5.41, 5.74) is 8.33. The molecule has 0 aliphatic heterocycles. The molecule has 3 aromatic rings. The molecule has 0 atom stereocenters. The molecule has 0 amide bonds. The Morgan fingerprint density at radius 1 is 1.56 bits per heavy atom. The first-order chi connectivity index (χ1) is 7.78. The van der Waals surface area contributed by atoms with Crippen molar-refractivity contribution in [2.75, 3.05) is 0 Å². The molecule has 0 spiro atoms. The zero-order valence-corrected chi connectivity index (χ0v) is 9.49. The number of imidazole rings is 1. The molecule has 0 aliphatic carbocycles. The van der Waals surface area contributed by atoms with Crippen molar-refractivity contribution in [2.24, 2.45) is 5.73 Å². The third-order valence-corrected chi connectivity index (χ3v) is 3.26. The molecular formula is C10H10N4OS. The van der Waals surface area contributed by atoms with E-state index >= 15 is 0 Å². The van der Waals surface area contributed by atoms with Crippen molar-refractivity contribution in [3.8, 4) is 11.5 Å². The highest BCUT2D eigenvalue weighted by atomic mass is 32.1. The van der Waals surface area contributed by atoms with Crippen LogP contribution in [0.25, 0.3) is 16.4 Å². The summed E-state index contributed by atoms with van der Waals surface area (Å²) in [6, 6.07) is 1.87. The van der Waals surface area contributed by atoms with Crippen molar-refractivity contribution in [3.63, 3.8) is 0 Å². The minimum atomic E-state index is 0.505. The summed E-state index contributed by atoms with van der Waals surface area (Å²) in [5.74, 6) is 0.691. The van der Waals surface area contributed by atoms with E-state index in [2.05, 4.69) is 10.1 Å². The van der Waals surface area contributed by atoms with Gasteiger partial charge in [0.2, 0.25) is 0 Å². The Hall–Kier alpha value is -1.66. The SMILES string of the molecule is Cc1cc(-c2cn3c(CN)csc3n2)on1. The molecule has 0 fully saturated rings. The summed E-state index contributed by atoms with van der Waals surface area (Å²) in [5, 5.41) is 5.86. The van der Waals surface area contributed by atoms with Crippen LogP contribution in [0.5, 0.6) is 0 Å². The maximum Gasteiger partial charge on any atom is 0.194 e. The van der Waals surface area contributed by atoms with Crippen LogP contribution in [-0.2, 0) is 6.54 Å². The molecule has 0 aliphatic rings. The molecule has 16 heavy (non-hydrogen) atoms. The van der Waals surface area contributed by atoms with E-state index in [-0.39, 0.29) is 0 Å². The maximum atomic E-state index is 5.63. The highest BCUT2D eigenvalue weighted by Crippen LogP contribution is 2.23. The van der Waals surface area contributed by atoms with E-state index in [1.165, 1.54) is 0 Å². The van der Waals surface area contributed by atoms with Crippen LogP contribution in [0.4, 0.5) is 0 Å². The van der Waals surface area contributed by atoms with Gasteiger partial charge < -0.3 is 10.3 Å². The quantitative estimate of drug-likeness (QED) is 0.734. The van der Waals surface area contributed by atoms with Crippen molar-refractivity contribution in [2.45, 2.75) is 13.5 Å². The van der Waals surface area contributed by atoms with Crippen molar-refractivity contribution in [1.82, 2.24) is 14.5 Å². The third-order valence-electron chi connectivity index (χ3n) is 2.37. The summed E-state index contributed by atoms with van der Waals surface area (Å²) < 4.78 is 7.15. The van der Waals surface area contributed by atoms with Gasteiger partial charge >= 0.3 is 0 Å². The summed E-state index contributed by atoms with van der Waals surface area (Å²) in [7, 11) is 0. The summed E-state index contributed by atoms with van der Waals surface area (Å²) in [4.78, 5) is 5.38. The Kier molecular flexibility index (Phi) is 2.05. The maximum absolute atomic E-state index is 5.63. The molecule has 0 bridgehead atoms. The molecule has 3 aromatic heterocycles. The van der Waals surface area contributed by atoms with E-state index in [1.807, 2.05) is 29.0 Å². The number of rotatable bonds is 2. The van der Waals surface area contributed by atoms with Crippen LogP contribution in [-0.4, -0.2) is 14.5 Å². The largest absolute Gasteiger partial charge is 0.354 e. The standard InChI is InChI=1S/C10H10N4OS/c1-6-2-9(15-13-6)8-4-14-7(3-11)5-16-10(14)12-8/h2,4-5H,3,11H2,1H3. The molecule has 3 rings (SSSR count). The normalized spacial score (nSPS) is 11.4. The second-order valence-electron chi connectivity index (χ2n) is 3.54. The van der Waals surface area contributed by atoms with Crippen molar-refractivity contribution in [3.05, 3.63) is 29.0 Å². The van der Waals surface area contributed by atoms with E-state index in [1.54, 1.807) is 11.3 Å². The Morgan fingerprint density at radius 2 is 2.44 bits per heavy atom. The Labute approximate surface area is 95.5 Å². The van der Waals surface area contributed by atoms with Gasteiger partial charge in [-0.15, -0.1) is 11.3 Å². The van der Waals surface area contributed by atoms with E-state index < -0.39 is 0 Å². The monoisotopic (exact) mass is 234 g/mol. The number of thiazole rings is 1. The first-order valence-electron chi connectivity index (χ1n) is 4.87. The predicted molar refractivity (Wildman–Crippen MR) is 61.2 cm³/mol. The number of hydrogen-bond donors (Lipinski definition) is 1. The summed E-state index contributed by atoms with van der Waals surface area (Å²) >= 11 is 1.57. The Balaban J connectivity index is 2.15. The average Bonchev–Trinajstić information content (AvgIpc) is 2.90. The fourth-order valence-corrected chi connectivity index (χ4v) is 2.46. The van der Waals surface area contributed by atoms with E-state index in [9.17, 15) is 0 Å². The minimum Gasteiger partial charge on any atom is -0.354 e. The molecule has 82 valence electrons. The van der Waals surface area contributed by atoms with E-state index in [0.717, 1.165) is 22.0 Å². The van der Waals surface area contributed by atoms with Gasteiger partial charge in [-0.25, -0.2) is 4.98 Å². The lowest BCUT2D eigenvalue weighted by molar-refractivity contribution is 0.426. The number of hydrogen-bond acceptors (Lipinski definition) is 5. The second kappa shape index (κ2) is 3.43. The zero-order valence-electron chi connectivity index (χ0n) is 8.67. The molecule has 3 heterocycles. The van der Waals surface area contributed by atoms with E-state index in [0.29, 0.717) is 12.3 Å². The first-order valence-corrected chi connectivity index (χ1v) is 5.75. The van der Waals surface area contributed by atoms with Crippen LogP contribution >= 0.6 is 11.3 Å². The molecule has 2 N–H and O–H groups in total. The molecule has 6 heteroatoms. The minimum absolute atomic E-state index is 0.505. The number of nitrogens with zero attached hydrogens (tertiary/aromatic N) is 3. The topological polar surface area (TPSA) is 69.3 Å². The third kappa shape index (κ3) is 1.35. The van der Waals surface area contributed by atoms with Crippen LogP contribution in [0.2, 0.25) is 0 Å². The first kappa shape index (κ1) is 9.56. The fourth-order valence-electron chi connectivity index (χ4n) is 1.58. The van der Waals surface area contributed by atoms with Crippen LogP contribution in [0.15, 0.2) is 22.2 Å². The fraction of sp³-hybridized carbons (Fsp3) is 0.200. The average molecular weight is 234 g/mol. The summed E-state index contributed by atoms with van der Waals surface area (Å²) in [6.45, 7) is 2.39. The molecule has 0 saturated heterocycles. The summed E-state index contributed by atoms with van der Waals surface area (Å²) in [6.07, 6.45) is 1.92. The molecule has 0 aromatic carbocycles. The van der Waals surface area contributed by atoms with Gasteiger partial charge in [-0.05, 0) is 6.92 Å². The zero-order chi connectivity index (χ0) is 11.1. The molecule has 0 radical (unpaired) electrons. The van der Waals surface area contributed by atoms with Gasteiger partial charge in [-0.1, -0.05) is 5.16 Å². The van der Waals surface area contributed by atoms with Crippen LogP contribution in [0.1, 0.15) is 11.4 Å². The highest BCUT2D eigenvalue weighted by molar-refractivity contribution is 7.15. The van der Waals surface area contributed by atoms with Gasteiger partial charge in [0.05, 0.1) is 5.69 Å². The van der Waals surface area contributed by atoms with Crippen molar-refractivity contribution in [1.29, 1.82) is 0 Å². The Morgan fingerprint density at radius 3 is 3.12 bits per heavy atom. The van der Waals surface area contributed by atoms with Gasteiger partial charge in [0.25, 0.3) is 0 Å². The van der Waals surface area contributed by atoms with Crippen molar-refractivity contribution >= 4 is 16.3 Å². The number of nitrogens with two attached hydrogens (primary N) is 1. The molecule has 5 nitrogen and oxygen atoms in total. The molecule has 0 unspecified atom stereocenters. The number of fused-ring (bicyclic) bond motifs is 1. The van der Waals surface area contributed by atoms with Gasteiger partial charge in [-0.2, -0.15) is 0 Å². The number of aromatic nitrogens is 3. The van der Waals surface area contributed by atoms with E-state index in [4.69, 9.17) is 10.3 Å². The van der Waals surface area contributed by atoms with Gasteiger partial charge in [-0.3, -0.25) is 4.40 Å². The van der Waals surface area contributed by atoms with Gasteiger partial charge in [0, 0.05) is 29.9 Å². The van der Waals surface area contributed by atoms with Crippen LogP contribution in [0, 0.1) is 6.92 Å². The Bertz CT molecular complexity index is 636. The van der Waals surface area contributed by atoms with Crippen LogP contribution in [0.3, 0.4) is 0 Å². The molecular weight excluding hydrogens is 224 g/mol. The van der Waals surface area contributed by atoms with Gasteiger partial charge in [0.15, 0.2) is 10.7 Å². The predicted octanol–water partition coefficient (Wildman–Crippen LogP) is 1.82. The number of aryl methyl sites for hydroxylation is 1. The smallest absolute Gasteiger partial charge is 0.194 e. The second-order valence-corrected chi connectivity index (χ2v) is 4.38. The lowest BCUT2D eigenvalue weighted by Crippen LogP contribution is -1.98. The lowest BCUT2D eigenvalue weighted by Gasteiger charge is -1.90. The van der Waals surface area contributed by atoms with Gasteiger partial charge in [0.1, 0.15) is 5.69 Å². The highest BCUT2D eigenvalue weighted by Gasteiger charge is 2.11. The lowest BCUT2D eigenvalue weighted by atomic mass is 10.3. The molecule has 0 saturated carbocycles.